The molecular formula is C18H28N4O. The molecule has 0 saturated carbocycles. The van der Waals surface area contributed by atoms with Crippen molar-refractivity contribution in [1.82, 2.24) is 14.8 Å². The highest BCUT2D eigenvalue weighted by molar-refractivity contribution is 5.93. The van der Waals surface area contributed by atoms with Crippen LogP contribution in [0.3, 0.4) is 0 Å². The lowest BCUT2D eigenvalue weighted by Crippen LogP contribution is -2.45. The van der Waals surface area contributed by atoms with Crippen molar-refractivity contribution in [3.05, 3.63) is 24.0 Å². The molecule has 5 nitrogen and oxygen atoms in total. The van der Waals surface area contributed by atoms with E-state index in [2.05, 4.69) is 28.8 Å². The number of nitrogens with zero attached hydrogens (tertiary/aromatic N) is 4. The molecule has 1 atom stereocenters. The molecule has 3 rings (SSSR count). The molecule has 2 aliphatic heterocycles. The number of likely N-dealkylation sites (tertiary alicyclic amines) is 1. The molecule has 5 heteroatoms. The molecule has 2 fully saturated rings. The lowest BCUT2D eigenvalue weighted by molar-refractivity contribution is 0.0602. The highest BCUT2D eigenvalue weighted by Gasteiger charge is 2.27. The summed E-state index contributed by atoms with van der Waals surface area (Å²) in [6.45, 7) is 7.19. The molecule has 0 radical (unpaired) electrons. The van der Waals surface area contributed by atoms with Gasteiger partial charge in [-0.25, -0.2) is 0 Å². The van der Waals surface area contributed by atoms with E-state index in [0.717, 1.165) is 57.7 Å². The van der Waals surface area contributed by atoms with Gasteiger partial charge in [-0.15, -0.1) is 0 Å². The number of amides is 1. The maximum Gasteiger partial charge on any atom is 0.272 e. The second-order valence-electron chi connectivity index (χ2n) is 6.75. The van der Waals surface area contributed by atoms with E-state index in [4.69, 9.17) is 0 Å². The Balaban J connectivity index is 1.75. The number of carbonyl (C=O) groups excluding carboxylic acids is 1. The highest BCUT2D eigenvalue weighted by Crippen LogP contribution is 2.23. The topological polar surface area (TPSA) is 39.7 Å². The summed E-state index contributed by atoms with van der Waals surface area (Å²) in [5, 5.41) is 0. The van der Waals surface area contributed by atoms with Gasteiger partial charge in [0.1, 0.15) is 5.69 Å². The van der Waals surface area contributed by atoms with E-state index in [1.165, 1.54) is 6.42 Å². The van der Waals surface area contributed by atoms with Crippen molar-refractivity contribution in [2.24, 2.45) is 0 Å². The van der Waals surface area contributed by atoms with Gasteiger partial charge in [0.25, 0.3) is 5.91 Å². The van der Waals surface area contributed by atoms with Crippen LogP contribution in [0.15, 0.2) is 18.3 Å². The molecular weight excluding hydrogens is 288 g/mol. The first kappa shape index (κ1) is 16.2. The van der Waals surface area contributed by atoms with Gasteiger partial charge in [-0.2, -0.15) is 0 Å². The van der Waals surface area contributed by atoms with Crippen molar-refractivity contribution in [3.8, 4) is 0 Å². The Labute approximate surface area is 139 Å². The van der Waals surface area contributed by atoms with Crippen molar-refractivity contribution >= 4 is 11.6 Å². The standard InChI is InChI=1S/C18H28N4O/c1-3-15-6-4-5-9-22(15)18(23)17-14-16(7-8-19-17)21-12-10-20(2)11-13-21/h7-8,14-15H,3-6,9-13H2,1-2H3. The third kappa shape index (κ3) is 3.66. The molecule has 1 aromatic rings. The Kier molecular flexibility index (Phi) is 5.16. The van der Waals surface area contributed by atoms with Crippen LogP contribution in [0.5, 0.6) is 0 Å². The van der Waals surface area contributed by atoms with Crippen molar-refractivity contribution in [2.45, 2.75) is 38.6 Å². The Morgan fingerprint density at radius 2 is 2.00 bits per heavy atom. The van der Waals surface area contributed by atoms with Gasteiger partial charge in [-0.05, 0) is 44.9 Å². The van der Waals surface area contributed by atoms with Gasteiger partial charge in [-0.3, -0.25) is 9.78 Å². The van der Waals surface area contributed by atoms with E-state index in [0.29, 0.717) is 11.7 Å². The zero-order valence-electron chi connectivity index (χ0n) is 14.4. The molecule has 0 aliphatic carbocycles. The Bertz CT molecular complexity index is 540. The zero-order chi connectivity index (χ0) is 16.2. The van der Waals surface area contributed by atoms with Crippen LogP contribution in [0.4, 0.5) is 5.69 Å². The van der Waals surface area contributed by atoms with Crippen LogP contribution in [-0.2, 0) is 0 Å². The molecule has 2 aliphatic rings. The second kappa shape index (κ2) is 7.30. The van der Waals surface area contributed by atoms with Crippen molar-refractivity contribution < 1.29 is 4.79 Å². The minimum absolute atomic E-state index is 0.104. The lowest BCUT2D eigenvalue weighted by atomic mass is 9.99. The molecule has 126 valence electrons. The molecule has 23 heavy (non-hydrogen) atoms. The van der Waals surface area contributed by atoms with E-state index < -0.39 is 0 Å². The predicted molar refractivity (Wildman–Crippen MR) is 92.9 cm³/mol. The molecule has 0 N–H and O–H groups in total. The molecule has 1 amide bonds. The molecule has 0 aromatic carbocycles. The van der Waals surface area contributed by atoms with E-state index in [1.54, 1.807) is 6.20 Å². The Morgan fingerprint density at radius 3 is 2.74 bits per heavy atom. The number of anilines is 1. The van der Waals surface area contributed by atoms with Crippen LogP contribution >= 0.6 is 0 Å². The number of hydrogen-bond donors (Lipinski definition) is 0. The monoisotopic (exact) mass is 316 g/mol. The average molecular weight is 316 g/mol. The van der Waals surface area contributed by atoms with Gasteiger partial charge in [0.2, 0.25) is 0 Å². The molecule has 1 unspecified atom stereocenters. The van der Waals surface area contributed by atoms with Crippen LogP contribution in [0, 0.1) is 0 Å². The number of aromatic nitrogens is 1. The summed E-state index contributed by atoms with van der Waals surface area (Å²) < 4.78 is 0. The maximum absolute atomic E-state index is 12.9. The highest BCUT2D eigenvalue weighted by atomic mass is 16.2. The van der Waals surface area contributed by atoms with Gasteiger partial charge in [0.15, 0.2) is 0 Å². The predicted octanol–water partition coefficient (Wildman–Crippen LogP) is 2.24. The minimum atomic E-state index is 0.104. The van der Waals surface area contributed by atoms with Gasteiger partial charge >= 0.3 is 0 Å². The van der Waals surface area contributed by atoms with Crippen LogP contribution < -0.4 is 4.90 Å². The fraction of sp³-hybridized carbons (Fsp3) is 0.667. The number of hydrogen-bond acceptors (Lipinski definition) is 4. The van der Waals surface area contributed by atoms with Gasteiger partial charge < -0.3 is 14.7 Å². The van der Waals surface area contributed by atoms with Gasteiger partial charge in [0.05, 0.1) is 0 Å². The number of likely N-dealkylation sites (N-methyl/N-ethyl adjacent to an activating group) is 1. The fourth-order valence-electron chi connectivity index (χ4n) is 3.64. The number of rotatable bonds is 3. The molecule has 0 bridgehead atoms. The van der Waals surface area contributed by atoms with Crippen LogP contribution in [-0.4, -0.2) is 66.5 Å². The minimum Gasteiger partial charge on any atom is -0.369 e. The maximum atomic E-state index is 12.9. The summed E-state index contributed by atoms with van der Waals surface area (Å²) in [6.07, 6.45) is 6.29. The number of piperazine rings is 1. The molecule has 0 spiro atoms. The number of carbonyl (C=O) groups is 1. The van der Waals surface area contributed by atoms with Crippen LogP contribution in [0.25, 0.3) is 0 Å². The summed E-state index contributed by atoms with van der Waals surface area (Å²) in [5.74, 6) is 0.104. The van der Waals surface area contributed by atoms with E-state index >= 15 is 0 Å². The van der Waals surface area contributed by atoms with Crippen molar-refractivity contribution in [3.63, 3.8) is 0 Å². The Hall–Kier alpha value is -1.62. The average Bonchev–Trinajstić information content (AvgIpc) is 2.62. The normalized spacial score (nSPS) is 23.1. The third-order valence-corrected chi connectivity index (χ3v) is 5.19. The van der Waals surface area contributed by atoms with Gasteiger partial charge in [0, 0.05) is 50.6 Å². The molecule has 3 heterocycles. The van der Waals surface area contributed by atoms with Gasteiger partial charge in [-0.1, -0.05) is 6.92 Å². The van der Waals surface area contributed by atoms with E-state index in [9.17, 15) is 4.79 Å². The first-order valence-electron chi connectivity index (χ1n) is 8.89. The van der Waals surface area contributed by atoms with E-state index in [1.807, 2.05) is 17.0 Å². The number of pyridine rings is 1. The summed E-state index contributed by atoms with van der Waals surface area (Å²) in [5.41, 5.74) is 1.73. The summed E-state index contributed by atoms with van der Waals surface area (Å²) >= 11 is 0. The summed E-state index contributed by atoms with van der Waals surface area (Å²) in [7, 11) is 2.15. The second-order valence-corrected chi connectivity index (χ2v) is 6.75. The molecule has 1 aromatic heterocycles. The quantitative estimate of drug-likeness (QED) is 0.857. The molecule has 2 saturated heterocycles. The summed E-state index contributed by atoms with van der Waals surface area (Å²) in [6, 6.07) is 4.38. The SMILES string of the molecule is CCC1CCCCN1C(=O)c1cc(N2CCN(C)CC2)ccn1. The third-order valence-electron chi connectivity index (χ3n) is 5.19. The fourth-order valence-corrected chi connectivity index (χ4v) is 3.64. The van der Waals surface area contributed by atoms with Crippen LogP contribution in [0.1, 0.15) is 43.1 Å². The van der Waals surface area contributed by atoms with Crippen molar-refractivity contribution in [1.29, 1.82) is 0 Å². The number of piperidine rings is 1. The first-order valence-corrected chi connectivity index (χ1v) is 8.89. The van der Waals surface area contributed by atoms with Crippen molar-refractivity contribution in [2.75, 3.05) is 44.7 Å². The first-order chi connectivity index (χ1) is 11.2. The Morgan fingerprint density at radius 1 is 1.22 bits per heavy atom. The van der Waals surface area contributed by atoms with E-state index in [-0.39, 0.29) is 5.91 Å². The largest absolute Gasteiger partial charge is 0.369 e. The zero-order valence-corrected chi connectivity index (χ0v) is 14.4. The summed E-state index contributed by atoms with van der Waals surface area (Å²) in [4.78, 5) is 24.0. The lowest BCUT2D eigenvalue weighted by Gasteiger charge is -2.36. The van der Waals surface area contributed by atoms with Crippen LogP contribution in [0.2, 0.25) is 0 Å². The smallest absolute Gasteiger partial charge is 0.272 e.